The molecule has 0 aliphatic carbocycles. The summed E-state index contributed by atoms with van der Waals surface area (Å²) in [6, 6.07) is -0.708. The van der Waals surface area contributed by atoms with Crippen LogP contribution < -0.4 is 5.11 Å². The zero-order chi connectivity index (χ0) is 10.9. The molecule has 1 fully saturated rings. The van der Waals surface area contributed by atoms with Gasteiger partial charge in [-0.1, -0.05) is 0 Å². The maximum absolute atomic E-state index is 11.2. The van der Waals surface area contributed by atoms with Gasteiger partial charge in [0, 0.05) is 12.0 Å². The van der Waals surface area contributed by atoms with Gasteiger partial charge in [0.05, 0.1) is 6.61 Å². The van der Waals surface area contributed by atoms with Crippen molar-refractivity contribution in [2.75, 3.05) is 6.61 Å². The number of hydrogen-bond acceptors (Lipinski definition) is 4. The van der Waals surface area contributed by atoms with Gasteiger partial charge in [0.25, 0.3) is 0 Å². The molecule has 14 heavy (non-hydrogen) atoms. The maximum atomic E-state index is 11.2. The average Bonchev–Trinajstić information content (AvgIpc) is 2.32. The van der Waals surface area contributed by atoms with E-state index in [2.05, 4.69) is 0 Å². The molecule has 80 valence electrons. The van der Waals surface area contributed by atoms with E-state index >= 15 is 0 Å². The minimum atomic E-state index is -1.33. The first-order chi connectivity index (χ1) is 6.34. The van der Waals surface area contributed by atoms with E-state index in [9.17, 15) is 14.7 Å². The highest BCUT2D eigenvalue weighted by Crippen LogP contribution is 2.22. The molecular formula is C9H14NO4-. The Morgan fingerprint density at radius 1 is 1.57 bits per heavy atom. The second kappa shape index (κ2) is 3.48. The Bertz CT molecular complexity index is 256. The number of hydrogen-bond donors (Lipinski definition) is 0. The fraction of sp³-hybridized carbons (Fsp3) is 0.778. The minimum Gasteiger partial charge on any atom is -0.530 e. The van der Waals surface area contributed by atoms with Crippen LogP contribution in [0.5, 0.6) is 0 Å². The molecule has 0 aromatic rings. The number of amides is 1. The van der Waals surface area contributed by atoms with Crippen molar-refractivity contribution in [1.82, 2.24) is 4.90 Å². The highest BCUT2D eigenvalue weighted by Gasteiger charge is 2.37. The molecular weight excluding hydrogens is 186 g/mol. The molecule has 0 unspecified atom stereocenters. The lowest BCUT2D eigenvalue weighted by Gasteiger charge is -2.40. The van der Waals surface area contributed by atoms with Crippen molar-refractivity contribution in [3.63, 3.8) is 0 Å². The molecule has 1 aliphatic heterocycles. The van der Waals surface area contributed by atoms with E-state index in [4.69, 9.17) is 4.74 Å². The Labute approximate surface area is 82.6 Å². The predicted octanol–water partition coefficient (Wildman–Crippen LogP) is -0.254. The van der Waals surface area contributed by atoms with Gasteiger partial charge in [-0.2, -0.15) is 0 Å². The molecule has 0 radical (unpaired) electrons. The lowest BCUT2D eigenvalue weighted by molar-refractivity contribution is -0.273. The van der Waals surface area contributed by atoms with Crippen LogP contribution in [0.2, 0.25) is 0 Å². The number of ether oxygens (including phenoxy) is 1. The molecule has 1 amide bonds. The van der Waals surface area contributed by atoms with Crippen molar-refractivity contribution in [2.45, 2.75) is 38.8 Å². The van der Waals surface area contributed by atoms with Crippen LogP contribution in [0, 0.1) is 0 Å². The van der Waals surface area contributed by atoms with Gasteiger partial charge >= 0.3 is 5.97 Å². The van der Waals surface area contributed by atoms with Gasteiger partial charge in [0.1, 0.15) is 12.1 Å². The quantitative estimate of drug-likeness (QED) is 0.547. The standard InChI is InChI=1S/C9H15NO4/c1-9(2,3)10(8(12)13)6-4-5-14-7(6)11/h6H,4-5H2,1-3H3,(H,12,13)/p-1/t6-/m1/s1. The zero-order valence-electron chi connectivity index (χ0n) is 8.57. The van der Waals surface area contributed by atoms with Crippen LogP contribution in [0.25, 0.3) is 0 Å². The third kappa shape index (κ3) is 1.97. The number of nitrogens with zero attached hydrogens (tertiary/aromatic N) is 1. The van der Waals surface area contributed by atoms with Crippen LogP contribution in [0.1, 0.15) is 27.2 Å². The summed E-state index contributed by atoms with van der Waals surface area (Å²) in [4.78, 5) is 23.1. The van der Waals surface area contributed by atoms with Gasteiger partial charge in [-0.05, 0) is 20.8 Å². The van der Waals surface area contributed by atoms with E-state index in [-0.39, 0.29) is 6.61 Å². The van der Waals surface area contributed by atoms with Crippen molar-refractivity contribution in [3.8, 4) is 0 Å². The summed E-state index contributed by atoms with van der Waals surface area (Å²) >= 11 is 0. The van der Waals surface area contributed by atoms with Crippen molar-refractivity contribution in [3.05, 3.63) is 0 Å². The fourth-order valence-electron chi connectivity index (χ4n) is 1.59. The first-order valence-corrected chi connectivity index (χ1v) is 4.51. The van der Waals surface area contributed by atoms with Gasteiger partial charge in [0.15, 0.2) is 0 Å². The molecule has 0 spiro atoms. The first kappa shape index (κ1) is 10.8. The topological polar surface area (TPSA) is 69.7 Å². The van der Waals surface area contributed by atoms with Crippen LogP contribution in [0.15, 0.2) is 0 Å². The van der Waals surface area contributed by atoms with Gasteiger partial charge in [-0.25, -0.2) is 4.79 Å². The molecule has 1 rings (SSSR count). The number of esters is 1. The highest BCUT2D eigenvalue weighted by molar-refractivity contribution is 5.82. The molecule has 0 saturated carbocycles. The van der Waals surface area contributed by atoms with Crippen LogP contribution in [-0.4, -0.2) is 35.2 Å². The molecule has 1 heterocycles. The second-order valence-corrected chi connectivity index (χ2v) is 4.28. The van der Waals surface area contributed by atoms with E-state index < -0.39 is 23.6 Å². The molecule has 5 nitrogen and oxygen atoms in total. The normalized spacial score (nSPS) is 21.9. The molecule has 5 heteroatoms. The van der Waals surface area contributed by atoms with Gasteiger partial charge < -0.3 is 19.5 Å². The monoisotopic (exact) mass is 200 g/mol. The summed E-state index contributed by atoms with van der Waals surface area (Å²) < 4.78 is 4.72. The summed E-state index contributed by atoms with van der Waals surface area (Å²) in [6.07, 6.45) is -0.925. The van der Waals surface area contributed by atoms with Crippen molar-refractivity contribution in [2.24, 2.45) is 0 Å². The molecule has 1 aliphatic rings. The lowest BCUT2D eigenvalue weighted by Crippen LogP contribution is -2.57. The molecule has 1 saturated heterocycles. The number of cyclic esters (lactones) is 1. The van der Waals surface area contributed by atoms with Gasteiger partial charge in [0.2, 0.25) is 0 Å². The number of carboxylic acid groups (broad SMARTS) is 1. The van der Waals surface area contributed by atoms with Crippen molar-refractivity contribution < 1.29 is 19.4 Å². The van der Waals surface area contributed by atoms with Crippen LogP contribution in [0.4, 0.5) is 4.79 Å². The number of carbonyl (C=O) groups excluding carboxylic acids is 2. The molecule has 1 atom stereocenters. The van der Waals surface area contributed by atoms with Crippen molar-refractivity contribution >= 4 is 12.1 Å². The largest absolute Gasteiger partial charge is 0.530 e. The van der Waals surface area contributed by atoms with E-state index in [0.29, 0.717) is 6.42 Å². The summed E-state index contributed by atoms with van der Waals surface area (Å²) in [7, 11) is 0. The molecule has 0 aromatic carbocycles. The van der Waals surface area contributed by atoms with E-state index in [0.717, 1.165) is 4.90 Å². The Morgan fingerprint density at radius 3 is 2.43 bits per heavy atom. The summed E-state index contributed by atoms with van der Waals surface area (Å²) in [5.74, 6) is -0.482. The maximum Gasteiger partial charge on any atom is 0.328 e. The predicted molar refractivity (Wildman–Crippen MR) is 46.4 cm³/mol. The average molecular weight is 200 g/mol. The SMILES string of the molecule is CC(C)(C)N(C(=O)[O-])[C@@H]1CCOC1=O. The Balaban J connectivity index is 2.88. The number of carbonyl (C=O) groups is 2. The fourth-order valence-corrected chi connectivity index (χ4v) is 1.59. The molecule has 0 N–H and O–H groups in total. The Morgan fingerprint density at radius 2 is 2.14 bits per heavy atom. The lowest BCUT2D eigenvalue weighted by atomic mass is 10.0. The van der Waals surface area contributed by atoms with E-state index in [1.807, 2.05) is 0 Å². The van der Waals surface area contributed by atoms with Crippen molar-refractivity contribution in [1.29, 1.82) is 0 Å². The first-order valence-electron chi connectivity index (χ1n) is 4.51. The third-order valence-corrected chi connectivity index (χ3v) is 2.14. The second-order valence-electron chi connectivity index (χ2n) is 4.28. The van der Waals surface area contributed by atoms with Crippen LogP contribution in [-0.2, 0) is 9.53 Å². The summed E-state index contributed by atoms with van der Waals surface area (Å²) in [5.41, 5.74) is -0.646. The Kier molecular flexibility index (Phi) is 2.69. The minimum absolute atomic E-state index is 0.281. The molecule has 0 aromatic heterocycles. The highest BCUT2D eigenvalue weighted by atomic mass is 16.5. The molecule has 0 bridgehead atoms. The zero-order valence-corrected chi connectivity index (χ0v) is 8.57. The number of rotatable bonds is 1. The Hall–Kier alpha value is -1.26. The van der Waals surface area contributed by atoms with Gasteiger partial charge in [-0.3, -0.25) is 0 Å². The smallest absolute Gasteiger partial charge is 0.328 e. The van der Waals surface area contributed by atoms with Gasteiger partial charge in [-0.15, -0.1) is 0 Å². The van der Waals surface area contributed by atoms with Crippen LogP contribution in [0.3, 0.4) is 0 Å². The third-order valence-electron chi connectivity index (χ3n) is 2.14. The summed E-state index contributed by atoms with van der Waals surface area (Å²) in [5, 5.41) is 10.9. The van der Waals surface area contributed by atoms with Crippen LogP contribution >= 0.6 is 0 Å². The van der Waals surface area contributed by atoms with E-state index in [1.54, 1.807) is 20.8 Å². The summed E-state index contributed by atoms with van der Waals surface area (Å²) in [6.45, 7) is 5.43. The van der Waals surface area contributed by atoms with E-state index in [1.165, 1.54) is 0 Å².